The molecule has 0 aliphatic heterocycles. The molecule has 0 bridgehead atoms. The molecule has 0 fully saturated rings. The summed E-state index contributed by atoms with van der Waals surface area (Å²) in [6, 6.07) is 3.83. The van der Waals surface area contributed by atoms with Gasteiger partial charge in [0.05, 0.1) is 12.1 Å². The Labute approximate surface area is 125 Å². The van der Waals surface area contributed by atoms with Gasteiger partial charge in [-0.1, -0.05) is 17.7 Å². The SMILES string of the molecule is COc1ccc(C)c2c(Cl)nc(-c3csc(C)n3)nc12. The van der Waals surface area contributed by atoms with Crippen LogP contribution in [0.5, 0.6) is 5.75 Å². The standard InChI is InChI=1S/C14H12ClN3OS/c1-7-4-5-10(19-3)12-11(7)13(15)18-14(17-12)9-6-20-8(2)16-9/h4-6H,1-3H3. The highest BCUT2D eigenvalue weighted by Crippen LogP contribution is 2.33. The molecule has 0 radical (unpaired) electrons. The molecule has 20 heavy (non-hydrogen) atoms. The normalized spacial score (nSPS) is 11.0. The molecule has 0 aliphatic carbocycles. The lowest BCUT2D eigenvalue weighted by Gasteiger charge is -2.09. The van der Waals surface area contributed by atoms with Gasteiger partial charge in [-0.05, 0) is 25.5 Å². The molecular weight excluding hydrogens is 294 g/mol. The first-order valence-electron chi connectivity index (χ1n) is 6.03. The molecular formula is C14H12ClN3OS. The summed E-state index contributed by atoms with van der Waals surface area (Å²) in [4.78, 5) is 13.3. The van der Waals surface area contributed by atoms with Crippen LogP contribution in [0.25, 0.3) is 22.4 Å². The fourth-order valence-corrected chi connectivity index (χ4v) is 2.98. The van der Waals surface area contributed by atoms with Gasteiger partial charge < -0.3 is 4.74 Å². The first-order chi connectivity index (χ1) is 9.60. The molecule has 3 aromatic rings. The van der Waals surface area contributed by atoms with E-state index in [9.17, 15) is 0 Å². The molecule has 0 spiro atoms. The lowest BCUT2D eigenvalue weighted by Crippen LogP contribution is -1.96. The molecule has 0 amide bonds. The minimum atomic E-state index is 0.423. The molecule has 0 saturated heterocycles. The van der Waals surface area contributed by atoms with E-state index in [1.54, 1.807) is 18.4 Å². The number of halogens is 1. The Morgan fingerprint density at radius 3 is 2.60 bits per heavy atom. The monoisotopic (exact) mass is 305 g/mol. The minimum Gasteiger partial charge on any atom is -0.494 e. The predicted molar refractivity (Wildman–Crippen MR) is 81.7 cm³/mol. The van der Waals surface area contributed by atoms with Crippen molar-refractivity contribution in [2.75, 3.05) is 7.11 Å². The zero-order valence-electron chi connectivity index (χ0n) is 11.3. The zero-order valence-corrected chi connectivity index (χ0v) is 12.8. The van der Waals surface area contributed by atoms with Crippen LogP contribution in [0.4, 0.5) is 0 Å². The Bertz CT molecular complexity index is 800. The maximum atomic E-state index is 6.32. The molecule has 2 heterocycles. The number of methoxy groups -OCH3 is 1. The molecule has 0 saturated carbocycles. The number of hydrogen-bond acceptors (Lipinski definition) is 5. The Morgan fingerprint density at radius 2 is 1.95 bits per heavy atom. The van der Waals surface area contributed by atoms with Crippen LogP contribution in [-0.4, -0.2) is 22.1 Å². The van der Waals surface area contributed by atoms with Crippen molar-refractivity contribution in [3.05, 3.63) is 33.2 Å². The smallest absolute Gasteiger partial charge is 0.181 e. The van der Waals surface area contributed by atoms with Crippen molar-refractivity contribution in [3.63, 3.8) is 0 Å². The summed E-state index contributed by atoms with van der Waals surface area (Å²) in [7, 11) is 1.62. The summed E-state index contributed by atoms with van der Waals surface area (Å²) in [5, 5.41) is 4.14. The predicted octanol–water partition coefficient (Wildman–Crippen LogP) is 4.03. The van der Waals surface area contributed by atoms with Crippen molar-refractivity contribution in [3.8, 4) is 17.3 Å². The second-order valence-electron chi connectivity index (χ2n) is 4.40. The van der Waals surface area contributed by atoms with Gasteiger partial charge in [-0.25, -0.2) is 15.0 Å². The number of nitrogens with zero attached hydrogens (tertiary/aromatic N) is 3. The largest absolute Gasteiger partial charge is 0.494 e. The van der Waals surface area contributed by atoms with Gasteiger partial charge in [0.1, 0.15) is 22.1 Å². The van der Waals surface area contributed by atoms with Crippen molar-refractivity contribution >= 4 is 33.8 Å². The van der Waals surface area contributed by atoms with E-state index in [4.69, 9.17) is 16.3 Å². The van der Waals surface area contributed by atoms with Gasteiger partial charge in [-0.15, -0.1) is 11.3 Å². The summed E-state index contributed by atoms with van der Waals surface area (Å²) >= 11 is 7.88. The number of aryl methyl sites for hydroxylation is 2. The summed E-state index contributed by atoms with van der Waals surface area (Å²) in [5.74, 6) is 1.21. The van der Waals surface area contributed by atoms with Crippen LogP contribution >= 0.6 is 22.9 Å². The Balaban J connectivity index is 2.32. The van der Waals surface area contributed by atoms with Gasteiger partial charge in [0.15, 0.2) is 5.82 Å². The van der Waals surface area contributed by atoms with Crippen LogP contribution in [0.1, 0.15) is 10.6 Å². The molecule has 6 heteroatoms. The fourth-order valence-electron chi connectivity index (χ4n) is 2.07. The number of rotatable bonds is 2. The van der Waals surface area contributed by atoms with E-state index in [0.717, 1.165) is 21.7 Å². The Kier molecular flexibility index (Phi) is 3.31. The molecule has 0 N–H and O–H groups in total. The van der Waals surface area contributed by atoms with Gasteiger partial charge in [-0.3, -0.25) is 0 Å². The quantitative estimate of drug-likeness (QED) is 0.671. The van der Waals surface area contributed by atoms with E-state index in [0.29, 0.717) is 22.2 Å². The van der Waals surface area contributed by atoms with Crippen LogP contribution in [0, 0.1) is 13.8 Å². The summed E-state index contributed by atoms with van der Waals surface area (Å²) in [6.45, 7) is 3.92. The average Bonchev–Trinajstić information content (AvgIpc) is 2.85. The maximum Gasteiger partial charge on any atom is 0.181 e. The van der Waals surface area contributed by atoms with Crippen molar-refractivity contribution in [2.45, 2.75) is 13.8 Å². The molecule has 102 valence electrons. The molecule has 2 aromatic heterocycles. The summed E-state index contributed by atoms with van der Waals surface area (Å²) in [6.07, 6.45) is 0. The Morgan fingerprint density at radius 1 is 1.15 bits per heavy atom. The molecule has 1 aromatic carbocycles. The second-order valence-corrected chi connectivity index (χ2v) is 5.82. The zero-order chi connectivity index (χ0) is 14.3. The number of benzene rings is 1. The molecule has 0 atom stereocenters. The van der Waals surface area contributed by atoms with E-state index in [-0.39, 0.29) is 0 Å². The first kappa shape index (κ1) is 13.3. The van der Waals surface area contributed by atoms with E-state index < -0.39 is 0 Å². The van der Waals surface area contributed by atoms with Gasteiger partial charge in [0, 0.05) is 10.8 Å². The number of aromatic nitrogens is 3. The van der Waals surface area contributed by atoms with Crippen molar-refractivity contribution in [1.29, 1.82) is 0 Å². The van der Waals surface area contributed by atoms with Gasteiger partial charge in [0.25, 0.3) is 0 Å². The van der Waals surface area contributed by atoms with E-state index in [1.807, 2.05) is 31.4 Å². The van der Waals surface area contributed by atoms with Crippen molar-refractivity contribution < 1.29 is 4.74 Å². The fraction of sp³-hybridized carbons (Fsp3) is 0.214. The number of ether oxygens (including phenoxy) is 1. The highest BCUT2D eigenvalue weighted by Gasteiger charge is 2.15. The molecule has 0 aliphatic rings. The lowest BCUT2D eigenvalue weighted by atomic mass is 10.1. The third kappa shape index (κ3) is 2.13. The van der Waals surface area contributed by atoms with Crippen LogP contribution in [-0.2, 0) is 0 Å². The minimum absolute atomic E-state index is 0.423. The second kappa shape index (κ2) is 5.00. The van der Waals surface area contributed by atoms with Gasteiger partial charge in [-0.2, -0.15) is 0 Å². The van der Waals surface area contributed by atoms with Crippen LogP contribution in [0.15, 0.2) is 17.5 Å². The number of hydrogen-bond donors (Lipinski definition) is 0. The van der Waals surface area contributed by atoms with Crippen LogP contribution in [0.2, 0.25) is 5.15 Å². The number of thiazole rings is 1. The van der Waals surface area contributed by atoms with E-state index in [1.165, 1.54) is 0 Å². The molecule has 3 rings (SSSR count). The van der Waals surface area contributed by atoms with Crippen molar-refractivity contribution in [1.82, 2.24) is 15.0 Å². The Hall–Kier alpha value is -1.72. The van der Waals surface area contributed by atoms with Crippen LogP contribution < -0.4 is 4.74 Å². The number of fused-ring (bicyclic) bond motifs is 1. The average molecular weight is 306 g/mol. The highest BCUT2D eigenvalue weighted by molar-refractivity contribution is 7.09. The van der Waals surface area contributed by atoms with E-state index in [2.05, 4.69) is 15.0 Å². The van der Waals surface area contributed by atoms with E-state index >= 15 is 0 Å². The summed E-state index contributed by atoms with van der Waals surface area (Å²) in [5.41, 5.74) is 2.47. The molecule has 0 unspecified atom stereocenters. The first-order valence-corrected chi connectivity index (χ1v) is 7.29. The van der Waals surface area contributed by atoms with Crippen molar-refractivity contribution in [2.24, 2.45) is 0 Å². The summed E-state index contributed by atoms with van der Waals surface area (Å²) < 4.78 is 5.37. The lowest BCUT2D eigenvalue weighted by molar-refractivity contribution is 0.419. The third-order valence-electron chi connectivity index (χ3n) is 3.05. The maximum absolute atomic E-state index is 6.32. The van der Waals surface area contributed by atoms with Gasteiger partial charge in [0.2, 0.25) is 0 Å². The topological polar surface area (TPSA) is 47.9 Å². The molecule has 4 nitrogen and oxygen atoms in total. The highest BCUT2D eigenvalue weighted by atomic mass is 35.5. The third-order valence-corrected chi connectivity index (χ3v) is 4.09. The van der Waals surface area contributed by atoms with Crippen LogP contribution in [0.3, 0.4) is 0 Å². The van der Waals surface area contributed by atoms with Gasteiger partial charge >= 0.3 is 0 Å².